The molecule has 4 heteroatoms. The quantitative estimate of drug-likeness (QED) is 0.679. The first-order valence-electron chi connectivity index (χ1n) is 6.55. The van der Waals surface area contributed by atoms with Crippen LogP contribution in [0.4, 0.5) is 4.39 Å². The molecule has 0 aromatic heterocycles. The van der Waals surface area contributed by atoms with Crippen LogP contribution >= 0.6 is 34.2 Å². The van der Waals surface area contributed by atoms with Crippen LogP contribution in [0.15, 0.2) is 42.5 Å². The molecular weight excluding hydrogens is 388 g/mol. The summed E-state index contributed by atoms with van der Waals surface area (Å²) in [5, 5.41) is 4.17. The molecular formula is C16H16ClFIN. The van der Waals surface area contributed by atoms with Crippen molar-refractivity contribution in [2.24, 2.45) is 0 Å². The van der Waals surface area contributed by atoms with Gasteiger partial charge in [0.1, 0.15) is 5.82 Å². The Bertz CT molecular complexity index is 588. The van der Waals surface area contributed by atoms with Gasteiger partial charge < -0.3 is 5.32 Å². The van der Waals surface area contributed by atoms with E-state index in [0.29, 0.717) is 0 Å². The fourth-order valence-electron chi connectivity index (χ4n) is 2.09. The van der Waals surface area contributed by atoms with Gasteiger partial charge in [0.25, 0.3) is 0 Å². The van der Waals surface area contributed by atoms with Crippen molar-refractivity contribution in [3.05, 3.63) is 68.0 Å². The first kappa shape index (κ1) is 15.7. The number of hydrogen-bond donors (Lipinski definition) is 1. The van der Waals surface area contributed by atoms with Crippen LogP contribution in [-0.4, -0.2) is 6.54 Å². The maximum Gasteiger partial charge on any atom is 0.123 e. The minimum Gasteiger partial charge on any atom is -0.306 e. The lowest BCUT2D eigenvalue weighted by atomic mass is 9.98. The SMILES string of the molecule is CCCNC(c1cccc(F)c1)c1ccc(I)c(Cl)c1. The summed E-state index contributed by atoms with van der Waals surface area (Å²) in [6, 6.07) is 12.6. The largest absolute Gasteiger partial charge is 0.306 e. The minimum absolute atomic E-state index is 0.0415. The average molecular weight is 404 g/mol. The molecule has 2 aromatic rings. The van der Waals surface area contributed by atoms with E-state index in [-0.39, 0.29) is 11.9 Å². The Hall–Kier alpha value is -0.650. The second-order valence-corrected chi connectivity index (χ2v) is 6.19. The number of rotatable bonds is 5. The second-order valence-electron chi connectivity index (χ2n) is 4.62. The van der Waals surface area contributed by atoms with Gasteiger partial charge >= 0.3 is 0 Å². The third-order valence-corrected chi connectivity index (χ3v) is 4.63. The fraction of sp³-hybridized carbons (Fsp3) is 0.250. The van der Waals surface area contributed by atoms with E-state index < -0.39 is 0 Å². The molecule has 1 N–H and O–H groups in total. The lowest BCUT2D eigenvalue weighted by Gasteiger charge is -2.20. The molecule has 106 valence electrons. The molecule has 0 bridgehead atoms. The van der Waals surface area contributed by atoms with Crippen molar-refractivity contribution in [1.29, 1.82) is 0 Å². The van der Waals surface area contributed by atoms with Gasteiger partial charge in [0.15, 0.2) is 0 Å². The summed E-state index contributed by atoms with van der Waals surface area (Å²) in [6.07, 6.45) is 1.02. The van der Waals surface area contributed by atoms with Crippen LogP contribution in [0.2, 0.25) is 5.02 Å². The molecule has 0 heterocycles. The predicted octanol–water partition coefficient (Wildman–Crippen LogP) is 5.17. The van der Waals surface area contributed by atoms with Gasteiger partial charge in [-0.2, -0.15) is 0 Å². The van der Waals surface area contributed by atoms with Gasteiger partial charge in [0.2, 0.25) is 0 Å². The first-order chi connectivity index (χ1) is 9.61. The fourth-order valence-corrected chi connectivity index (χ4v) is 2.62. The van der Waals surface area contributed by atoms with Gasteiger partial charge in [-0.1, -0.05) is 36.7 Å². The molecule has 0 radical (unpaired) electrons. The molecule has 2 aromatic carbocycles. The Labute approximate surface area is 137 Å². The molecule has 1 atom stereocenters. The topological polar surface area (TPSA) is 12.0 Å². The van der Waals surface area contributed by atoms with Gasteiger partial charge in [-0.3, -0.25) is 0 Å². The maximum absolute atomic E-state index is 13.5. The van der Waals surface area contributed by atoms with Gasteiger partial charge in [-0.05, 0) is 70.9 Å². The zero-order chi connectivity index (χ0) is 14.5. The smallest absolute Gasteiger partial charge is 0.123 e. The van der Waals surface area contributed by atoms with Crippen LogP contribution in [0.25, 0.3) is 0 Å². The summed E-state index contributed by atoms with van der Waals surface area (Å²) in [5.41, 5.74) is 1.96. The van der Waals surface area contributed by atoms with Crippen molar-refractivity contribution in [2.45, 2.75) is 19.4 Å². The van der Waals surface area contributed by atoms with Crippen molar-refractivity contribution in [2.75, 3.05) is 6.54 Å². The van der Waals surface area contributed by atoms with Crippen molar-refractivity contribution >= 4 is 34.2 Å². The molecule has 0 saturated heterocycles. The van der Waals surface area contributed by atoms with E-state index in [4.69, 9.17) is 11.6 Å². The second kappa shape index (κ2) is 7.38. The summed E-state index contributed by atoms with van der Waals surface area (Å²) in [5.74, 6) is -0.220. The molecule has 0 amide bonds. The van der Waals surface area contributed by atoms with Gasteiger partial charge in [0.05, 0.1) is 11.1 Å². The minimum atomic E-state index is -0.220. The lowest BCUT2D eigenvalue weighted by molar-refractivity contribution is 0.585. The van der Waals surface area contributed by atoms with Crippen LogP contribution < -0.4 is 5.32 Å². The summed E-state index contributed by atoms with van der Waals surface area (Å²) in [6.45, 7) is 2.97. The van der Waals surface area contributed by atoms with E-state index in [0.717, 1.165) is 32.7 Å². The van der Waals surface area contributed by atoms with Crippen molar-refractivity contribution in [3.63, 3.8) is 0 Å². The van der Waals surface area contributed by atoms with Crippen molar-refractivity contribution in [1.82, 2.24) is 5.32 Å². The van der Waals surface area contributed by atoms with E-state index in [2.05, 4.69) is 34.8 Å². The average Bonchev–Trinajstić information content (AvgIpc) is 2.43. The molecule has 1 nitrogen and oxygen atoms in total. The number of nitrogens with one attached hydrogen (secondary N) is 1. The highest BCUT2D eigenvalue weighted by Crippen LogP contribution is 2.27. The molecule has 0 fully saturated rings. The van der Waals surface area contributed by atoms with Crippen LogP contribution in [0.5, 0.6) is 0 Å². The molecule has 0 saturated carbocycles. The zero-order valence-corrected chi connectivity index (χ0v) is 14.1. The van der Waals surface area contributed by atoms with E-state index in [1.165, 1.54) is 6.07 Å². The third-order valence-electron chi connectivity index (χ3n) is 3.06. The van der Waals surface area contributed by atoms with E-state index in [1.54, 1.807) is 12.1 Å². The van der Waals surface area contributed by atoms with E-state index in [1.807, 2.05) is 24.3 Å². The number of hydrogen-bond acceptors (Lipinski definition) is 1. The molecule has 0 aliphatic heterocycles. The summed E-state index contributed by atoms with van der Waals surface area (Å²) >= 11 is 8.40. The lowest BCUT2D eigenvalue weighted by Crippen LogP contribution is -2.23. The standard InChI is InChI=1S/C16H16ClFIN/c1-2-8-20-16(11-4-3-5-13(18)9-11)12-6-7-15(19)14(17)10-12/h3-7,9-10,16,20H,2,8H2,1H3. The third kappa shape index (κ3) is 3.93. The molecule has 0 spiro atoms. The Morgan fingerprint density at radius 1 is 1.20 bits per heavy atom. The zero-order valence-electron chi connectivity index (χ0n) is 11.2. The molecule has 0 aliphatic carbocycles. The Morgan fingerprint density at radius 3 is 2.60 bits per heavy atom. The highest BCUT2D eigenvalue weighted by Gasteiger charge is 2.15. The Balaban J connectivity index is 2.38. The molecule has 1 unspecified atom stereocenters. The molecule has 0 aliphatic rings. The van der Waals surface area contributed by atoms with Crippen LogP contribution in [0.1, 0.15) is 30.5 Å². The highest BCUT2D eigenvalue weighted by atomic mass is 127. The Kier molecular flexibility index (Phi) is 5.81. The van der Waals surface area contributed by atoms with Crippen molar-refractivity contribution in [3.8, 4) is 0 Å². The monoisotopic (exact) mass is 403 g/mol. The van der Waals surface area contributed by atoms with Crippen LogP contribution in [0, 0.1) is 9.39 Å². The number of benzene rings is 2. The Morgan fingerprint density at radius 2 is 1.95 bits per heavy atom. The van der Waals surface area contributed by atoms with Gasteiger partial charge in [-0.15, -0.1) is 0 Å². The summed E-state index contributed by atoms with van der Waals surface area (Å²) in [4.78, 5) is 0. The van der Waals surface area contributed by atoms with Crippen LogP contribution in [-0.2, 0) is 0 Å². The van der Waals surface area contributed by atoms with Gasteiger partial charge in [-0.25, -0.2) is 4.39 Å². The van der Waals surface area contributed by atoms with Crippen molar-refractivity contribution < 1.29 is 4.39 Å². The first-order valence-corrected chi connectivity index (χ1v) is 8.01. The summed E-state index contributed by atoms with van der Waals surface area (Å²) < 4.78 is 14.5. The van der Waals surface area contributed by atoms with E-state index >= 15 is 0 Å². The normalized spacial score (nSPS) is 12.4. The predicted molar refractivity (Wildman–Crippen MR) is 90.7 cm³/mol. The molecule has 2 rings (SSSR count). The maximum atomic E-state index is 13.5. The highest BCUT2D eigenvalue weighted by molar-refractivity contribution is 14.1. The molecule has 20 heavy (non-hydrogen) atoms. The van der Waals surface area contributed by atoms with E-state index in [9.17, 15) is 4.39 Å². The van der Waals surface area contributed by atoms with Crippen LogP contribution in [0.3, 0.4) is 0 Å². The van der Waals surface area contributed by atoms with Gasteiger partial charge in [0, 0.05) is 3.57 Å². The summed E-state index contributed by atoms with van der Waals surface area (Å²) in [7, 11) is 0. The number of halogens is 3.